The lowest BCUT2D eigenvalue weighted by Gasteiger charge is -2.23. The van der Waals surface area contributed by atoms with E-state index in [4.69, 9.17) is 0 Å². The molecule has 0 aliphatic carbocycles. The average molecular weight is 271 g/mol. The van der Waals surface area contributed by atoms with Crippen LogP contribution in [-0.2, 0) is 15.6 Å². The highest BCUT2D eigenvalue weighted by Gasteiger charge is 2.22. The van der Waals surface area contributed by atoms with Gasteiger partial charge < -0.3 is 5.32 Å². The molecule has 1 saturated heterocycles. The van der Waals surface area contributed by atoms with Crippen molar-refractivity contribution in [2.24, 2.45) is 0 Å². The molecule has 1 aromatic rings. The standard InChI is InChI=1S/C13H18FNO2S/c14-13-7-2-1-5-11(13)9-18(16,17)10-12-6-3-4-8-15-12/h1-2,5,7,12,15H,3-4,6,8-10H2. The Balaban J connectivity index is 2.01. The van der Waals surface area contributed by atoms with Gasteiger partial charge in [0.25, 0.3) is 0 Å². The summed E-state index contributed by atoms with van der Waals surface area (Å²) >= 11 is 0. The number of halogens is 1. The fourth-order valence-corrected chi connectivity index (χ4v) is 4.01. The Labute approximate surface area is 107 Å². The molecule has 0 saturated carbocycles. The summed E-state index contributed by atoms with van der Waals surface area (Å²) < 4.78 is 37.4. The van der Waals surface area contributed by atoms with Crippen molar-refractivity contribution in [3.63, 3.8) is 0 Å². The van der Waals surface area contributed by atoms with Crippen LogP contribution in [-0.4, -0.2) is 26.8 Å². The molecular weight excluding hydrogens is 253 g/mol. The van der Waals surface area contributed by atoms with E-state index in [1.807, 2.05) is 0 Å². The molecule has 1 fully saturated rings. The van der Waals surface area contributed by atoms with Gasteiger partial charge in [-0.1, -0.05) is 24.6 Å². The maximum absolute atomic E-state index is 13.4. The lowest BCUT2D eigenvalue weighted by atomic mass is 10.1. The zero-order valence-corrected chi connectivity index (χ0v) is 11.0. The fourth-order valence-electron chi connectivity index (χ4n) is 2.28. The molecule has 1 unspecified atom stereocenters. The Bertz CT molecular complexity index is 495. The summed E-state index contributed by atoms with van der Waals surface area (Å²) in [5.41, 5.74) is 0.258. The maximum atomic E-state index is 13.4. The number of nitrogens with one attached hydrogen (secondary N) is 1. The van der Waals surface area contributed by atoms with Crippen molar-refractivity contribution in [3.05, 3.63) is 35.6 Å². The highest BCUT2D eigenvalue weighted by Crippen LogP contribution is 2.15. The monoisotopic (exact) mass is 271 g/mol. The van der Waals surface area contributed by atoms with E-state index < -0.39 is 15.7 Å². The summed E-state index contributed by atoms with van der Waals surface area (Å²) in [4.78, 5) is 0. The minimum absolute atomic E-state index is 0.0236. The third kappa shape index (κ3) is 3.78. The summed E-state index contributed by atoms with van der Waals surface area (Å²) in [6, 6.07) is 6.07. The second-order valence-corrected chi connectivity index (χ2v) is 6.90. The second-order valence-electron chi connectivity index (χ2n) is 4.79. The molecule has 100 valence electrons. The molecule has 2 rings (SSSR count). The second kappa shape index (κ2) is 5.80. The maximum Gasteiger partial charge on any atom is 0.156 e. The lowest BCUT2D eigenvalue weighted by molar-refractivity contribution is 0.423. The van der Waals surface area contributed by atoms with Gasteiger partial charge in [0.2, 0.25) is 0 Å². The SMILES string of the molecule is O=S(=O)(Cc1ccccc1F)CC1CCCCN1. The first-order valence-corrected chi connectivity index (χ1v) is 8.06. The summed E-state index contributed by atoms with van der Waals surface area (Å²) in [5, 5.41) is 3.20. The molecule has 1 aromatic carbocycles. The summed E-state index contributed by atoms with van der Waals surface area (Å²) in [5.74, 6) is -0.559. The van der Waals surface area contributed by atoms with Crippen molar-refractivity contribution in [3.8, 4) is 0 Å². The first kappa shape index (κ1) is 13.5. The smallest absolute Gasteiger partial charge is 0.156 e. The molecule has 1 N–H and O–H groups in total. The minimum atomic E-state index is -3.26. The zero-order chi connectivity index (χ0) is 13.0. The molecule has 18 heavy (non-hydrogen) atoms. The first-order valence-electron chi connectivity index (χ1n) is 6.24. The van der Waals surface area contributed by atoms with E-state index in [0.717, 1.165) is 25.8 Å². The normalized spacial score (nSPS) is 20.8. The van der Waals surface area contributed by atoms with Gasteiger partial charge in [-0.15, -0.1) is 0 Å². The molecule has 1 heterocycles. The van der Waals surface area contributed by atoms with Crippen molar-refractivity contribution in [1.82, 2.24) is 5.32 Å². The van der Waals surface area contributed by atoms with Crippen molar-refractivity contribution >= 4 is 9.84 Å². The predicted molar refractivity (Wildman–Crippen MR) is 69.5 cm³/mol. The molecule has 3 nitrogen and oxygen atoms in total. The molecule has 0 bridgehead atoms. The van der Waals surface area contributed by atoms with Crippen LogP contribution in [0.25, 0.3) is 0 Å². The molecule has 0 amide bonds. The van der Waals surface area contributed by atoms with E-state index in [-0.39, 0.29) is 23.1 Å². The van der Waals surface area contributed by atoms with Gasteiger partial charge in [0.1, 0.15) is 5.82 Å². The average Bonchev–Trinajstić information content (AvgIpc) is 2.32. The molecule has 0 aromatic heterocycles. The number of hydrogen-bond acceptors (Lipinski definition) is 3. The predicted octanol–water partition coefficient (Wildman–Crippen LogP) is 1.88. The molecule has 0 spiro atoms. The molecule has 0 radical (unpaired) electrons. The summed E-state index contributed by atoms with van der Waals surface area (Å²) in [6.07, 6.45) is 3.05. The van der Waals surface area contributed by atoms with Crippen LogP contribution in [0.2, 0.25) is 0 Å². The van der Waals surface area contributed by atoms with Crippen LogP contribution in [0.3, 0.4) is 0 Å². The van der Waals surface area contributed by atoms with E-state index in [9.17, 15) is 12.8 Å². The first-order chi connectivity index (χ1) is 8.57. The van der Waals surface area contributed by atoms with Gasteiger partial charge in [-0.2, -0.15) is 0 Å². The fraction of sp³-hybridized carbons (Fsp3) is 0.538. The van der Waals surface area contributed by atoms with Gasteiger partial charge in [0.15, 0.2) is 9.84 Å². The summed E-state index contributed by atoms with van der Waals surface area (Å²) in [7, 11) is -3.26. The highest BCUT2D eigenvalue weighted by atomic mass is 32.2. The number of hydrogen-bond donors (Lipinski definition) is 1. The van der Waals surface area contributed by atoms with Crippen LogP contribution in [0.5, 0.6) is 0 Å². The van der Waals surface area contributed by atoms with Gasteiger partial charge in [0.05, 0.1) is 11.5 Å². The van der Waals surface area contributed by atoms with Crippen LogP contribution in [0.1, 0.15) is 24.8 Å². The third-order valence-corrected chi connectivity index (χ3v) is 4.86. The topological polar surface area (TPSA) is 46.2 Å². The van der Waals surface area contributed by atoms with Gasteiger partial charge in [-0.05, 0) is 25.5 Å². The van der Waals surface area contributed by atoms with Gasteiger partial charge in [-0.25, -0.2) is 12.8 Å². The Morgan fingerprint density at radius 3 is 2.72 bits per heavy atom. The van der Waals surface area contributed by atoms with Crippen LogP contribution < -0.4 is 5.32 Å². The van der Waals surface area contributed by atoms with Crippen LogP contribution in [0.15, 0.2) is 24.3 Å². The molecule has 1 aliphatic heterocycles. The third-order valence-electron chi connectivity index (χ3n) is 3.20. The molecule has 5 heteroatoms. The van der Waals surface area contributed by atoms with Gasteiger partial charge >= 0.3 is 0 Å². The lowest BCUT2D eigenvalue weighted by Crippen LogP contribution is -2.39. The van der Waals surface area contributed by atoms with E-state index >= 15 is 0 Å². The van der Waals surface area contributed by atoms with Crippen molar-refractivity contribution in [2.75, 3.05) is 12.3 Å². The van der Waals surface area contributed by atoms with Crippen LogP contribution in [0.4, 0.5) is 4.39 Å². The largest absolute Gasteiger partial charge is 0.313 e. The number of rotatable bonds is 4. The number of sulfone groups is 1. The van der Waals surface area contributed by atoms with E-state index in [0.29, 0.717) is 0 Å². The van der Waals surface area contributed by atoms with Crippen molar-refractivity contribution in [2.45, 2.75) is 31.1 Å². The summed E-state index contributed by atoms with van der Waals surface area (Å²) in [6.45, 7) is 0.875. The van der Waals surface area contributed by atoms with Crippen molar-refractivity contribution < 1.29 is 12.8 Å². The van der Waals surface area contributed by atoms with E-state index in [1.165, 1.54) is 12.1 Å². The quantitative estimate of drug-likeness (QED) is 0.909. The van der Waals surface area contributed by atoms with Gasteiger partial charge in [0, 0.05) is 11.6 Å². The number of piperidine rings is 1. The Kier molecular flexibility index (Phi) is 4.35. The van der Waals surface area contributed by atoms with Gasteiger partial charge in [-0.3, -0.25) is 0 Å². The van der Waals surface area contributed by atoms with Crippen LogP contribution in [0, 0.1) is 5.82 Å². The molecular formula is C13H18FNO2S. The van der Waals surface area contributed by atoms with Crippen molar-refractivity contribution in [1.29, 1.82) is 0 Å². The molecule has 1 atom stereocenters. The number of benzene rings is 1. The Morgan fingerprint density at radius 1 is 1.28 bits per heavy atom. The van der Waals surface area contributed by atoms with Crippen LogP contribution >= 0.6 is 0 Å². The Hall–Kier alpha value is -0.940. The Morgan fingerprint density at radius 2 is 2.06 bits per heavy atom. The van der Waals surface area contributed by atoms with E-state index in [1.54, 1.807) is 12.1 Å². The minimum Gasteiger partial charge on any atom is -0.313 e. The van der Waals surface area contributed by atoms with E-state index in [2.05, 4.69) is 5.32 Å². The highest BCUT2D eigenvalue weighted by molar-refractivity contribution is 7.90. The zero-order valence-electron chi connectivity index (χ0n) is 10.2. The molecule has 1 aliphatic rings.